The van der Waals surface area contributed by atoms with Gasteiger partial charge in [-0.3, -0.25) is 4.79 Å². The van der Waals surface area contributed by atoms with Gasteiger partial charge in [0.15, 0.2) is 0 Å². The minimum absolute atomic E-state index is 0.0417. The van der Waals surface area contributed by atoms with E-state index in [0.717, 1.165) is 0 Å². The number of nitrogens with one attached hydrogen (secondary N) is 1. The summed E-state index contributed by atoms with van der Waals surface area (Å²) < 4.78 is 0. The average Bonchev–Trinajstić information content (AvgIpc) is 1.64. The SMILES string of the molecule is CC(=O)[C@@H]([NH])C(C)C. The molecule has 2 heteroatoms. The van der Waals surface area contributed by atoms with Gasteiger partial charge < -0.3 is 0 Å². The van der Waals surface area contributed by atoms with Crippen LogP contribution in [0.25, 0.3) is 0 Å². The zero-order valence-electron chi connectivity index (χ0n) is 5.56. The number of hydrogen-bond acceptors (Lipinski definition) is 1. The van der Waals surface area contributed by atoms with Crippen LogP contribution in [0.5, 0.6) is 0 Å². The van der Waals surface area contributed by atoms with Crippen LogP contribution in [0.4, 0.5) is 0 Å². The molecule has 1 atom stereocenters. The summed E-state index contributed by atoms with van der Waals surface area (Å²) in [6.45, 7) is 5.20. The molecule has 0 aliphatic heterocycles. The van der Waals surface area contributed by atoms with Gasteiger partial charge >= 0.3 is 0 Å². The lowest BCUT2D eigenvalue weighted by Crippen LogP contribution is -2.24. The molecule has 0 amide bonds. The number of carbonyl (C=O) groups is 1. The highest BCUT2D eigenvalue weighted by atomic mass is 16.1. The van der Waals surface area contributed by atoms with Gasteiger partial charge in [-0.25, -0.2) is 5.73 Å². The van der Waals surface area contributed by atoms with E-state index in [-0.39, 0.29) is 11.7 Å². The van der Waals surface area contributed by atoms with E-state index in [0.29, 0.717) is 0 Å². The third-order valence-corrected chi connectivity index (χ3v) is 1.10. The zero-order valence-corrected chi connectivity index (χ0v) is 5.56. The van der Waals surface area contributed by atoms with E-state index in [2.05, 4.69) is 0 Å². The molecule has 1 N–H and O–H groups in total. The number of ketones is 1. The maximum Gasteiger partial charge on any atom is 0.148 e. The molecule has 0 rings (SSSR count). The maximum absolute atomic E-state index is 10.4. The first-order valence-corrected chi connectivity index (χ1v) is 2.77. The minimum Gasteiger partial charge on any atom is -0.298 e. The Balaban J connectivity index is 3.64. The van der Waals surface area contributed by atoms with Gasteiger partial charge in [-0.1, -0.05) is 13.8 Å². The minimum atomic E-state index is -0.519. The van der Waals surface area contributed by atoms with Crippen LogP contribution >= 0.6 is 0 Å². The summed E-state index contributed by atoms with van der Waals surface area (Å²) in [5, 5.41) is 0. The van der Waals surface area contributed by atoms with Gasteiger partial charge in [0.05, 0.1) is 6.04 Å². The van der Waals surface area contributed by atoms with Crippen LogP contribution in [0.15, 0.2) is 0 Å². The Kier molecular flexibility index (Phi) is 2.69. The molecule has 0 saturated carbocycles. The van der Waals surface area contributed by atoms with E-state index in [9.17, 15) is 4.79 Å². The third-order valence-electron chi connectivity index (χ3n) is 1.10. The fraction of sp³-hybridized carbons (Fsp3) is 0.833. The lowest BCUT2D eigenvalue weighted by atomic mass is 10.0. The summed E-state index contributed by atoms with van der Waals surface area (Å²) in [5.74, 6) is 0.118. The Morgan fingerprint density at radius 3 is 1.88 bits per heavy atom. The molecule has 0 spiro atoms. The highest BCUT2D eigenvalue weighted by Gasteiger charge is 2.11. The lowest BCUT2D eigenvalue weighted by molar-refractivity contribution is -0.119. The number of carbonyl (C=O) groups excluding carboxylic acids is 1. The highest BCUT2D eigenvalue weighted by molar-refractivity contribution is 5.81. The van der Waals surface area contributed by atoms with Gasteiger partial charge in [0.1, 0.15) is 5.78 Å². The van der Waals surface area contributed by atoms with Crippen LogP contribution < -0.4 is 5.73 Å². The van der Waals surface area contributed by atoms with E-state index in [4.69, 9.17) is 5.73 Å². The fourth-order valence-electron chi connectivity index (χ4n) is 0.469. The van der Waals surface area contributed by atoms with Crippen LogP contribution in [0.3, 0.4) is 0 Å². The molecule has 0 fully saturated rings. The first-order chi connectivity index (χ1) is 3.55. The zero-order chi connectivity index (χ0) is 6.73. The van der Waals surface area contributed by atoms with E-state index in [1.165, 1.54) is 6.92 Å². The van der Waals surface area contributed by atoms with Gasteiger partial charge in [-0.15, -0.1) is 0 Å². The topological polar surface area (TPSA) is 40.9 Å². The predicted octanol–water partition coefficient (Wildman–Crippen LogP) is 0.883. The summed E-state index contributed by atoms with van der Waals surface area (Å²) in [5.41, 5.74) is 7.13. The fourth-order valence-corrected chi connectivity index (χ4v) is 0.469. The second-order valence-corrected chi connectivity index (χ2v) is 2.33. The summed E-state index contributed by atoms with van der Waals surface area (Å²) >= 11 is 0. The normalized spacial score (nSPS) is 14.1. The van der Waals surface area contributed by atoms with E-state index < -0.39 is 6.04 Å². The smallest absolute Gasteiger partial charge is 0.148 e. The molecule has 0 aromatic rings. The Morgan fingerprint density at radius 2 is 1.88 bits per heavy atom. The number of rotatable bonds is 2. The van der Waals surface area contributed by atoms with E-state index in [1.807, 2.05) is 13.8 Å². The van der Waals surface area contributed by atoms with Crippen molar-refractivity contribution in [2.24, 2.45) is 5.92 Å². The van der Waals surface area contributed by atoms with Crippen molar-refractivity contribution in [3.63, 3.8) is 0 Å². The Labute approximate surface area is 50.1 Å². The summed E-state index contributed by atoms with van der Waals surface area (Å²) in [7, 11) is 0. The summed E-state index contributed by atoms with van der Waals surface area (Å²) in [6, 6.07) is -0.519. The van der Waals surface area contributed by atoms with Crippen molar-refractivity contribution in [2.75, 3.05) is 0 Å². The Hall–Kier alpha value is -0.370. The van der Waals surface area contributed by atoms with Crippen LogP contribution in [0.2, 0.25) is 0 Å². The van der Waals surface area contributed by atoms with Gasteiger partial charge in [0.2, 0.25) is 0 Å². The Bertz CT molecular complexity index is 88.5. The van der Waals surface area contributed by atoms with Crippen LogP contribution in [-0.2, 0) is 4.79 Å². The van der Waals surface area contributed by atoms with Gasteiger partial charge in [-0.05, 0) is 12.8 Å². The molecular formula is C6H12NO. The molecule has 0 saturated heterocycles. The predicted molar refractivity (Wildman–Crippen MR) is 32.4 cm³/mol. The Morgan fingerprint density at radius 1 is 1.50 bits per heavy atom. The van der Waals surface area contributed by atoms with Crippen LogP contribution in [0.1, 0.15) is 20.8 Å². The molecule has 0 unspecified atom stereocenters. The molecule has 0 bridgehead atoms. The molecular weight excluding hydrogens is 102 g/mol. The first-order valence-electron chi connectivity index (χ1n) is 2.77. The maximum atomic E-state index is 10.4. The molecule has 47 valence electrons. The quantitative estimate of drug-likeness (QED) is 0.525. The molecule has 0 aliphatic rings. The molecule has 1 radical (unpaired) electrons. The summed E-state index contributed by atoms with van der Waals surface area (Å²) in [4.78, 5) is 10.4. The molecule has 0 aliphatic carbocycles. The van der Waals surface area contributed by atoms with Crippen molar-refractivity contribution in [3.05, 3.63) is 0 Å². The number of Topliss-reactive ketones (excluding diaryl/α,β-unsaturated/α-hetero) is 1. The second kappa shape index (κ2) is 2.82. The van der Waals surface area contributed by atoms with E-state index in [1.54, 1.807) is 0 Å². The van der Waals surface area contributed by atoms with Crippen molar-refractivity contribution in [2.45, 2.75) is 26.8 Å². The second-order valence-electron chi connectivity index (χ2n) is 2.33. The molecule has 8 heavy (non-hydrogen) atoms. The largest absolute Gasteiger partial charge is 0.298 e. The number of hydrogen-bond donors (Lipinski definition) is 0. The first kappa shape index (κ1) is 7.63. The van der Waals surface area contributed by atoms with Gasteiger partial charge in [0.25, 0.3) is 0 Å². The summed E-state index contributed by atoms with van der Waals surface area (Å²) in [6.07, 6.45) is 0. The highest BCUT2D eigenvalue weighted by Crippen LogP contribution is 1.99. The molecule has 0 aromatic heterocycles. The molecule has 0 aromatic carbocycles. The third kappa shape index (κ3) is 2.07. The van der Waals surface area contributed by atoms with Crippen molar-refractivity contribution >= 4 is 5.78 Å². The standard InChI is InChI=1S/C6H12NO/c1-4(2)6(7)5(3)8/h4,6-7H,1-3H3/t6-/m0/s1. The van der Waals surface area contributed by atoms with Crippen LogP contribution in [0, 0.1) is 5.92 Å². The van der Waals surface area contributed by atoms with Gasteiger partial charge in [0, 0.05) is 0 Å². The molecule has 2 nitrogen and oxygen atoms in total. The monoisotopic (exact) mass is 114 g/mol. The van der Waals surface area contributed by atoms with Crippen molar-refractivity contribution < 1.29 is 4.79 Å². The lowest BCUT2D eigenvalue weighted by Gasteiger charge is -2.08. The van der Waals surface area contributed by atoms with Crippen molar-refractivity contribution in [1.29, 1.82) is 0 Å². The van der Waals surface area contributed by atoms with Crippen molar-refractivity contribution in [1.82, 2.24) is 5.73 Å². The van der Waals surface area contributed by atoms with E-state index >= 15 is 0 Å². The molecule has 0 heterocycles. The van der Waals surface area contributed by atoms with Gasteiger partial charge in [-0.2, -0.15) is 0 Å². The average molecular weight is 114 g/mol. The van der Waals surface area contributed by atoms with Crippen molar-refractivity contribution in [3.8, 4) is 0 Å². The van der Waals surface area contributed by atoms with Crippen LogP contribution in [-0.4, -0.2) is 11.8 Å².